The normalized spacial score (nSPS) is 15.1. The van der Waals surface area contributed by atoms with Crippen LogP contribution in [0.2, 0.25) is 0 Å². The van der Waals surface area contributed by atoms with Crippen molar-refractivity contribution >= 4 is 27.7 Å². The molecule has 0 atom stereocenters. The number of pyridine rings is 1. The highest BCUT2D eigenvalue weighted by Crippen LogP contribution is 2.27. The highest BCUT2D eigenvalue weighted by molar-refractivity contribution is 5.99. The summed E-state index contributed by atoms with van der Waals surface area (Å²) in [6.07, 6.45) is 4.57. The lowest BCUT2D eigenvalue weighted by molar-refractivity contribution is 0.0629. The number of nitrogens with zero attached hydrogens (tertiary/aromatic N) is 3. The minimum atomic E-state index is 0.0925. The van der Waals surface area contributed by atoms with Gasteiger partial charge in [0.1, 0.15) is 5.65 Å². The molecule has 6 heteroatoms. The van der Waals surface area contributed by atoms with Crippen LogP contribution in [-0.2, 0) is 0 Å². The Labute approximate surface area is 181 Å². The quantitative estimate of drug-likeness (QED) is 0.524. The Kier molecular flexibility index (Phi) is 5.40. The second-order valence-electron chi connectivity index (χ2n) is 8.13. The molecule has 1 aliphatic rings. The van der Waals surface area contributed by atoms with E-state index in [-0.39, 0.29) is 12.5 Å². The second-order valence-corrected chi connectivity index (χ2v) is 8.13. The Morgan fingerprint density at radius 3 is 2.55 bits per heavy atom. The highest BCUT2D eigenvalue weighted by atomic mass is 16.3. The number of rotatable bonds is 5. The summed E-state index contributed by atoms with van der Waals surface area (Å²) in [7, 11) is 0. The molecule has 31 heavy (non-hydrogen) atoms. The molecule has 1 aliphatic heterocycles. The van der Waals surface area contributed by atoms with Gasteiger partial charge >= 0.3 is 0 Å². The minimum Gasteiger partial charge on any atom is -0.396 e. The molecule has 1 fully saturated rings. The first-order valence-corrected chi connectivity index (χ1v) is 10.8. The third-order valence-electron chi connectivity index (χ3n) is 6.11. The van der Waals surface area contributed by atoms with Crippen molar-refractivity contribution in [3.05, 3.63) is 66.5 Å². The van der Waals surface area contributed by atoms with Crippen LogP contribution in [0.15, 0.2) is 60.9 Å². The van der Waals surface area contributed by atoms with E-state index in [0.717, 1.165) is 77.6 Å². The van der Waals surface area contributed by atoms with Crippen LogP contribution in [0.1, 0.15) is 16.8 Å². The summed E-state index contributed by atoms with van der Waals surface area (Å²) in [6.45, 7) is 4.30. The Bertz CT molecular complexity index is 1220. The van der Waals surface area contributed by atoms with Crippen LogP contribution >= 0.6 is 0 Å². The molecule has 4 aromatic rings. The number of hydrogen-bond acceptors (Lipinski definition) is 4. The first kappa shape index (κ1) is 19.7. The molecule has 1 saturated heterocycles. The van der Waals surface area contributed by atoms with E-state index in [1.54, 1.807) is 0 Å². The SMILES string of the molecule is O=C(c1ccc2cc(-c3cnc4[nH]ccc4c3)ccc2c1)N1CCN(CCCO)CC1. The zero-order valence-corrected chi connectivity index (χ0v) is 17.4. The predicted octanol–water partition coefficient (Wildman–Crippen LogP) is 3.52. The van der Waals surface area contributed by atoms with Gasteiger partial charge in [-0.15, -0.1) is 0 Å². The number of hydrogen-bond donors (Lipinski definition) is 2. The first-order chi connectivity index (χ1) is 15.2. The zero-order chi connectivity index (χ0) is 21.2. The van der Waals surface area contributed by atoms with Crippen LogP contribution in [0.5, 0.6) is 0 Å². The second kappa shape index (κ2) is 8.49. The van der Waals surface area contributed by atoms with Crippen molar-refractivity contribution in [3.8, 4) is 11.1 Å². The van der Waals surface area contributed by atoms with Crippen LogP contribution in [0.25, 0.3) is 32.9 Å². The van der Waals surface area contributed by atoms with Gasteiger partial charge in [0, 0.05) is 68.2 Å². The standard InChI is InChI=1S/C25H26N4O2/c30-13-1-8-28-9-11-29(12-10-28)25(31)22-5-4-18-14-20(3-2-19(18)15-22)23-16-21-6-7-26-24(21)27-17-23/h2-7,14-17,30H,1,8-13H2,(H,26,27). The fraction of sp³-hybridized carbons (Fsp3) is 0.280. The molecular weight excluding hydrogens is 388 g/mol. The summed E-state index contributed by atoms with van der Waals surface area (Å²) < 4.78 is 0. The topological polar surface area (TPSA) is 72.5 Å². The van der Waals surface area contributed by atoms with Gasteiger partial charge < -0.3 is 15.0 Å². The van der Waals surface area contributed by atoms with Crippen molar-refractivity contribution in [2.24, 2.45) is 0 Å². The van der Waals surface area contributed by atoms with Crippen molar-refractivity contribution in [3.63, 3.8) is 0 Å². The Morgan fingerprint density at radius 1 is 0.935 bits per heavy atom. The Balaban J connectivity index is 1.33. The summed E-state index contributed by atoms with van der Waals surface area (Å²) in [5.74, 6) is 0.0925. The maximum absolute atomic E-state index is 13.0. The maximum Gasteiger partial charge on any atom is 0.253 e. The number of amides is 1. The van der Waals surface area contributed by atoms with E-state index in [0.29, 0.717) is 0 Å². The van der Waals surface area contributed by atoms with Crippen LogP contribution < -0.4 is 0 Å². The Morgan fingerprint density at radius 2 is 1.71 bits per heavy atom. The average Bonchev–Trinajstić information content (AvgIpc) is 3.30. The molecule has 0 radical (unpaired) electrons. The van der Waals surface area contributed by atoms with E-state index in [1.807, 2.05) is 41.6 Å². The number of aliphatic hydroxyl groups excluding tert-OH is 1. The Hall–Kier alpha value is -3.22. The van der Waals surface area contributed by atoms with E-state index in [2.05, 4.69) is 39.1 Å². The third kappa shape index (κ3) is 4.04. The lowest BCUT2D eigenvalue weighted by Gasteiger charge is -2.34. The number of aromatic nitrogens is 2. The largest absolute Gasteiger partial charge is 0.396 e. The molecular formula is C25H26N4O2. The van der Waals surface area contributed by atoms with Crippen molar-refractivity contribution < 1.29 is 9.90 Å². The van der Waals surface area contributed by atoms with Crippen molar-refractivity contribution in [2.45, 2.75) is 6.42 Å². The predicted molar refractivity (Wildman–Crippen MR) is 123 cm³/mol. The number of nitrogens with one attached hydrogen (secondary N) is 1. The van der Waals surface area contributed by atoms with Gasteiger partial charge in [-0.1, -0.05) is 18.2 Å². The van der Waals surface area contributed by atoms with Gasteiger partial charge in [-0.3, -0.25) is 9.69 Å². The van der Waals surface area contributed by atoms with Gasteiger partial charge in [0.05, 0.1) is 0 Å². The molecule has 2 aromatic carbocycles. The molecule has 158 valence electrons. The monoisotopic (exact) mass is 414 g/mol. The van der Waals surface area contributed by atoms with Crippen LogP contribution in [0, 0.1) is 0 Å². The van der Waals surface area contributed by atoms with Gasteiger partial charge in [0.25, 0.3) is 5.91 Å². The van der Waals surface area contributed by atoms with Crippen molar-refractivity contribution in [2.75, 3.05) is 39.3 Å². The summed E-state index contributed by atoms with van der Waals surface area (Å²) >= 11 is 0. The fourth-order valence-electron chi connectivity index (χ4n) is 4.31. The molecule has 0 spiro atoms. The molecule has 2 N–H and O–H groups in total. The van der Waals surface area contributed by atoms with Gasteiger partial charge in [0.15, 0.2) is 0 Å². The molecule has 5 rings (SSSR count). The molecule has 2 aromatic heterocycles. The number of H-pyrrole nitrogens is 1. The number of benzene rings is 2. The van der Waals surface area contributed by atoms with Crippen molar-refractivity contribution in [1.82, 2.24) is 19.8 Å². The molecule has 0 unspecified atom stereocenters. The van der Waals surface area contributed by atoms with Gasteiger partial charge in [0.2, 0.25) is 0 Å². The van der Waals surface area contributed by atoms with Crippen LogP contribution in [-0.4, -0.2) is 70.1 Å². The van der Waals surface area contributed by atoms with Crippen LogP contribution in [0.4, 0.5) is 0 Å². The minimum absolute atomic E-state index is 0.0925. The van der Waals surface area contributed by atoms with Crippen LogP contribution in [0.3, 0.4) is 0 Å². The van der Waals surface area contributed by atoms with E-state index in [9.17, 15) is 4.79 Å². The number of fused-ring (bicyclic) bond motifs is 2. The first-order valence-electron chi connectivity index (χ1n) is 10.8. The number of aromatic amines is 1. The number of carbonyl (C=O) groups excluding carboxylic acids is 1. The van der Waals surface area contributed by atoms with E-state index < -0.39 is 0 Å². The number of aliphatic hydroxyl groups is 1. The molecule has 1 amide bonds. The van der Waals surface area contributed by atoms with E-state index in [4.69, 9.17) is 5.11 Å². The fourth-order valence-corrected chi connectivity index (χ4v) is 4.31. The third-order valence-corrected chi connectivity index (χ3v) is 6.11. The van der Waals surface area contributed by atoms with Gasteiger partial charge in [-0.2, -0.15) is 0 Å². The molecule has 0 saturated carbocycles. The highest BCUT2D eigenvalue weighted by Gasteiger charge is 2.22. The maximum atomic E-state index is 13.0. The van der Waals surface area contributed by atoms with E-state index >= 15 is 0 Å². The zero-order valence-electron chi connectivity index (χ0n) is 17.4. The molecule has 3 heterocycles. The number of carbonyl (C=O) groups is 1. The van der Waals surface area contributed by atoms with Gasteiger partial charge in [-0.25, -0.2) is 4.98 Å². The molecule has 0 bridgehead atoms. The number of piperazine rings is 1. The molecule has 6 nitrogen and oxygen atoms in total. The van der Waals surface area contributed by atoms with Crippen molar-refractivity contribution in [1.29, 1.82) is 0 Å². The summed E-state index contributed by atoms with van der Waals surface area (Å²) in [6, 6.07) is 16.4. The average molecular weight is 415 g/mol. The summed E-state index contributed by atoms with van der Waals surface area (Å²) in [5.41, 5.74) is 3.82. The summed E-state index contributed by atoms with van der Waals surface area (Å²) in [4.78, 5) is 24.9. The van der Waals surface area contributed by atoms with E-state index in [1.165, 1.54) is 0 Å². The molecule has 0 aliphatic carbocycles. The lowest BCUT2D eigenvalue weighted by Crippen LogP contribution is -2.48. The lowest BCUT2D eigenvalue weighted by atomic mass is 10.00. The van der Waals surface area contributed by atoms with Gasteiger partial charge in [-0.05, 0) is 53.1 Å². The summed E-state index contributed by atoms with van der Waals surface area (Å²) in [5, 5.41) is 12.3. The smallest absolute Gasteiger partial charge is 0.253 e.